The van der Waals surface area contributed by atoms with Gasteiger partial charge in [-0.05, 0) is 29.8 Å². The lowest BCUT2D eigenvalue weighted by atomic mass is 10.2. The summed E-state index contributed by atoms with van der Waals surface area (Å²) in [5, 5.41) is 13.0. The second-order valence-electron chi connectivity index (χ2n) is 6.22. The third-order valence-electron chi connectivity index (χ3n) is 4.15. The van der Waals surface area contributed by atoms with Crippen LogP contribution >= 0.6 is 11.8 Å². The van der Waals surface area contributed by atoms with Crippen LogP contribution in [0.3, 0.4) is 0 Å². The number of ether oxygens (including phenoxy) is 2. The zero-order valence-corrected chi connectivity index (χ0v) is 17.1. The van der Waals surface area contributed by atoms with Gasteiger partial charge < -0.3 is 24.5 Å². The van der Waals surface area contributed by atoms with Gasteiger partial charge in [-0.15, -0.1) is 0 Å². The number of carbonyl (C=O) groups is 1. The molecule has 0 aliphatic rings. The minimum atomic E-state index is -0.154. The summed E-state index contributed by atoms with van der Waals surface area (Å²) in [6.45, 7) is 0.427. The van der Waals surface area contributed by atoms with Gasteiger partial charge in [0.15, 0.2) is 5.16 Å². The lowest BCUT2D eigenvalue weighted by Crippen LogP contribution is -2.14. The average molecular weight is 413 g/mol. The largest absolute Gasteiger partial charge is 0.497 e. The van der Waals surface area contributed by atoms with Crippen molar-refractivity contribution in [2.24, 2.45) is 0 Å². The number of thioether (sulfide) groups is 1. The molecule has 0 spiro atoms. The van der Waals surface area contributed by atoms with Gasteiger partial charge >= 0.3 is 0 Å². The first-order valence-electron chi connectivity index (χ1n) is 8.98. The maximum absolute atomic E-state index is 12.3. The van der Waals surface area contributed by atoms with Gasteiger partial charge in [-0.3, -0.25) is 4.79 Å². The molecule has 1 aromatic heterocycles. The van der Waals surface area contributed by atoms with E-state index in [9.17, 15) is 9.90 Å². The monoisotopic (exact) mass is 413 g/mol. The Morgan fingerprint density at radius 1 is 1.14 bits per heavy atom. The summed E-state index contributed by atoms with van der Waals surface area (Å²) in [4.78, 5) is 16.7. The highest BCUT2D eigenvalue weighted by Gasteiger charge is 2.12. The van der Waals surface area contributed by atoms with Crippen molar-refractivity contribution in [2.45, 2.75) is 18.3 Å². The standard InChI is InChI=1S/C21H23N3O4S/c1-27-18-8-6-15(7-9-18)11-24-12-17(13-25)23-21(24)29-14-20(26)22-16-4-3-5-19(10-16)28-2/h3-10,12,25H,11,13-14H2,1-2H3,(H,22,26). The van der Waals surface area contributed by atoms with Crippen molar-refractivity contribution < 1.29 is 19.4 Å². The normalized spacial score (nSPS) is 10.6. The Labute approximate surface area is 173 Å². The quantitative estimate of drug-likeness (QED) is 0.524. The third-order valence-corrected chi connectivity index (χ3v) is 5.14. The minimum absolute atomic E-state index is 0.146. The van der Waals surface area contributed by atoms with Crippen molar-refractivity contribution >= 4 is 23.4 Å². The van der Waals surface area contributed by atoms with Gasteiger partial charge in [0.05, 0.1) is 32.3 Å². The number of nitrogens with one attached hydrogen (secondary N) is 1. The number of carbonyl (C=O) groups excluding carboxylic acids is 1. The molecular formula is C21H23N3O4S. The summed E-state index contributed by atoms with van der Waals surface area (Å²) >= 11 is 1.32. The van der Waals surface area contributed by atoms with Gasteiger partial charge in [0.25, 0.3) is 0 Å². The van der Waals surface area contributed by atoms with E-state index in [2.05, 4.69) is 10.3 Å². The fourth-order valence-corrected chi connectivity index (χ4v) is 3.51. The maximum atomic E-state index is 12.3. The smallest absolute Gasteiger partial charge is 0.234 e. The molecule has 152 valence electrons. The van der Waals surface area contributed by atoms with Crippen LogP contribution in [0, 0.1) is 0 Å². The number of methoxy groups -OCH3 is 2. The number of aliphatic hydroxyl groups is 1. The second kappa shape index (κ2) is 9.99. The predicted octanol–water partition coefficient (Wildman–Crippen LogP) is 3.17. The number of anilines is 1. The van der Waals surface area contributed by atoms with E-state index in [-0.39, 0.29) is 18.3 Å². The van der Waals surface area contributed by atoms with Crippen LogP contribution in [-0.2, 0) is 17.9 Å². The lowest BCUT2D eigenvalue weighted by Gasteiger charge is -2.09. The molecule has 2 aromatic carbocycles. The molecule has 0 bridgehead atoms. The van der Waals surface area contributed by atoms with Crippen LogP contribution in [0.2, 0.25) is 0 Å². The summed E-state index contributed by atoms with van der Waals surface area (Å²) in [7, 11) is 3.21. The molecule has 0 atom stereocenters. The van der Waals surface area contributed by atoms with Crippen molar-refractivity contribution in [3.63, 3.8) is 0 Å². The van der Waals surface area contributed by atoms with Gasteiger partial charge in [0, 0.05) is 24.5 Å². The molecule has 0 saturated heterocycles. The first kappa shape index (κ1) is 20.8. The van der Waals surface area contributed by atoms with E-state index in [1.807, 2.05) is 41.0 Å². The first-order valence-corrected chi connectivity index (χ1v) is 9.96. The Balaban J connectivity index is 1.64. The molecule has 7 nitrogen and oxygen atoms in total. The van der Waals surface area contributed by atoms with Gasteiger partial charge in [-0.1, -0.05) is 30.0 Å². The number of nitrogens with zero attached hydrogens (tertiary/aromatic N) is 2. The lowest BCUT2D eigenvalue weighted by molar-refractivity contribution is -0.113. The Bertz CT molecular complexity index is 957. The van der Waals surface area contributed by atoms with Gasteiger partial charge in [0.1, 0.15) is 11.5 Å². The van der Waals surface area contributed by atoms with Crippen molar-refractivity contribution in [3.8, 4) is 11.5 Å². The summed E-state index contributed by atoms with van der Waals surface area (Å²) in [6.07, 6.45) is 1.80. The number of amides is 1. The van der Waals surface area contributed by atoms with Gasteiger partial charge in [-0.2, -0.15) is 0 Å². The Morgan fingerprint density at radius 2 is 1.90 bits per heavy atom. The molecule has 0 radical (unpaired) electrons. The van der Waals surface area contributed by atoms with E-state index in [1.165, 1.54) is 11.8 Å². The van der Waals surface area contributed by atoms with Crippen LogP contribution in [-0.4, -0.2) is 40.5 Å². The first-order chi connectivity index (χ1) is 14.1. The van der Waals surface area contributed by atoms with Crippen LogP contribution < -0.4 is 14.8 Å². The average Bonchev–Trinajstić information content (AvgIpc) is 3.14. The maximum Gasteiger partial charge on any atom is 0.234 e. The fourth-order valence-electron chi connectivity index (χ4n) is 2.71. The third kappa shape index (κ3) is 5.75. The highest BCUT2D eigenvalue weighted by atomic mass is 32.2. The number of hydrogen-bond donors (Lipinski definition) is 2. The number of aliphatic hydroxyl groups excluding tert-OH is 1. The van der Waals surface area contributed by atoms with E-state index in [0.717, 1.165) is 11.3 Å². The van der Waals surface area contributed by atoms with Crippen molar-refractivity contribution in [1.29, 1.82) is 0 Å². The Morgan fingerprint density at radius 3 is 2.59 bits per heavy atom. The molecule has 0 saturated carbocycles. The molecule has 0 fully saturated rings. The van der Waals surface area contributed by atoms with E-state index >= 15 is 0 Å². The van der Waals surface area contributed by atoms with E-state index < -0.39 is 0 Å². The molecular weight excluding hydrogens is 390 g/mol. The van der Waals surface area contributed by atoms with Crippen LogP contribution in [0.25, 0.3) is 0 Å². The number of aromatic nitrogens is 2. The minimum Gasteiger partial charge on any atom is -0.497 e. The fraction of sp³-hybridized carbons (Fsp3) is 0.238. The highest BCUT2D eigenvalue weighted by molar-refractivity contribution is 7.99. The summed E-state index contributed by atoms with van der Waals surface area (Å²) in [5.74, 6) is 1.52. The number of rotatable bonds is 9. The van der Waals surface area contributed by atoms with Crippen LogP contribution in [0.4, 0.5) is 5.69 Å². The van der Waals surface area contributed by atoms with Crippen LogP contribution in [0.5, 0.6) is 11.5 Å². The van der Waals surface area contributed by atoms with Crippen molar-refractivity contribution in [1.82, 2.24) is 9.55 Å². The van der Waals surface area contributed by atoms with Crippen molar-refractivity contribution in [2.75, 3.05) is 25.3 Å². The highest BCUT2D eigenvalue weighted by Crippen LogP contribution is 2.22. The summed E-state index contributed by atoms with van der Waals surface area (Å²) < 4.78 is 12.3. The van der Waals surface area contributed by atoms with Gasteiger partial charge in [0.2, 0.25) is 5.91 Å². The predicted molar refractivity (Wildman–Crippen MR) is 113 cm³/mol. The van der Waals surface area contributed by atoms with Crippen molar-refractivity contribution in [3.05, 3.63) is 66.0 Å². The summed E-state index contributed by atoms with van der Waals surface area (Å²) in [5.41, 5.74) is 2.30. The molecule has 0 aliphatic carbocycles. The molecule has 0 unspecified atom stereocenters. The molecule has 3 rings (SSSR count). The number of hydrogen-bond acceptors (Lipinski definition) is 6. The second-order valence-corrected chi connectivity index (χ2v) is 7.16. The SMILES string of the molecule is COc1ccc(Cn2cc(CO)nc2SCC(=O)Nc2cccc(OC)c2)cc1. The molecule has 0 aliphatic heterocycles. The molecule has 1 amide bonds. The molecule has 1 heterocycles. The van der Waals surface area contributed by atoms with E-state index in [0.29, 0.717) is 28.8 Å². The zero-order valence-electron chi connectivity index (χ0n) is 16.3. The van der Waals surface area contributed by atoms with Crippen LogP contribution in [0.15, 0.2) is 59.9 Å². The number of benzene rings is 2. The molecule has 3 aromatic rings. The zero-order chi connectivity index (χ0) is 20.6. The number of imidazole rings is 1. The van der Waals surface area contributed by atoms with Gasteiger partial charge in [-0.25, -0.2) is 4.98 Å². The topological polar surface area (TPSA) is 85.6 Å². The molecule has 8 heteroatoms. The molecule has 2 N–H and O–H groups in total. The molecule has 29 heavy (non-hydrogen) atoms. The van der Waals surface area contributed by atoms with E-state index in [4.69, 9.17) is 9.47 Å². The van der Waals surface area contributed by atoms with Crippen LogP contribution in [0.1, 0.15) is 11.3 Å². The Kier molecular flexibility index (Phi) is 7.15. The van der Waals surface area contributed by atoms with E-state index in [1.54, 1.807) is 32.5 Å². The summed E-state index contributed by atoms with van der Waals surface area (Å²) in [6, 6.07) is 14.9. The Hall–Kier alpha value is -2.97.